The minimum atomic E-state index is -0.704. The van der Waals surface area contributed by atoms with Gasteiger partial charge in [-0.1, -0.05) is 6.07 Å². The molecule has 0 bridgehead atoms. The van der Waals surface area contributed by atoms with Crippen LogP contribution in [0.3, 0.4) is 0 Å². The maximum absolute atomic E-state index is 13.8. The Morgan fingerprint density at radius 3 is 2.59 bits per heavy atom. The first kappa shape index (κ1) is 22.7. The highest BCUT2D eigenvalue weighted by molar-refractivity contribution is 6.05. The van der Waals surface area contributed by atoms with Crippen molar-refractivity contribution in [2.24, 2.45) is 0 Å². The van der Waals surface area contributed by atoms with Gasteiger partial charge in [-0.05, 0) is 49.7 Å². The van der Waals surface area contributed by atoms with Crippen LogP contribution in [0.25, 0.3) is 5.65 Å². The van der Waals surface area contributed by atoms with Gasteiger partial charge in [0.1, 0.15) is 23.9 Å². The van der Waals surface area contributed by atoms with E-state index in [1.54, 1.807) is 19.9 Å². The summed E-state index contributed by atoms with van der Waals surface area (Å²) in [5.41, 5.74) is 0.975. The van der Waals surface area contributed by atoms with Gasteiger partial charge in [-0.2, -0.15) is 0 Å². The van der Waals surface area contributed by atoms with Crippen LogP contribution in [0.15, 0.2) is 57.8 Å². The molecule has 0 aliphatic rings. The number of amides is 1. The molecule has 34 heavy (non-hydrogen) atoms. The summed E-state index contributed by atoms with van der Waals surface area (Å²) in [4.78, 5) is 41.5. The molecule has 0 saturated carbocycles. The number of methoxy groups -OCH3 is 1. The zero-order valence-corrected chi connectivity index (χ0v) is 18.5. The van der Waals surface area contributed by atoms with Gasteiger partial charge in [-0.25, -0.2) is 14.2 Å². The summed E-state index contributed by atoms with van der Waals surface area (Å²) in [7, 11) is 1.41. The summed E-state index contributed by atoms with van der Waals surface area (Å²) in [5.74, 6) is -0.970. The standard InChI is InChI=1S/C24H20FN3O6/c1-13-4-5-15(9-18(13)25)23(30)27-19-10-16(6-7-20(19)32-3)24(31)33-12-17-11-22(29)28-21(26-17)8-14(2)34-28/h4-11H,12H2,1-3H3,(H,27,30). The number of aryl methyl sites for hydroxylation is 2. The maximum Gasteiger partial charge on any atom is 0.338 e. The Hall–Kier alpha value is -4.47. The lowest BCUT2D eigenvalue weighted by Crippen LogP contribution is -2.15. The van der Waals surface area contributed by atoms with E-state index in [2.05, 4.69) is 10.3 Å². The van der Waals surface area contributed by atoms with Crippen LogP contribution in [0.2, 0.25) is 0 Å². The van der Waals surface area contributed by atoms with E-state index in [0.29, 0.717) is 22.7 Å². The molecule has 0 unspecified atom stereocenters. The first-order valence-corrected chi connectivity index (χ1v) is 10.2. The Bertz CT molecular complexity index is 1470. The first-order chi connectivity index (χ1) is 16.2. The number of aromatic nitrogens is 2. The molecule has 1 amide bonds. The lowest BCUT2D eigenvalue weighted by Gasteiger charge is -2.12. The topological polar surface area (TPSA) is 112 Å². The number of nitrogens with zero attached hydrogens (tertiary/aromatic N) is 2. The predicted molar refractivity (Wildman–Crippen MR) is 120 cm³/mol. The van der Waals surface area contributed by atoms with Crippen molar-refractivity contribution in [1.29, 1.82) is 0 Å². The number of hydrogen-bond acceptors (Lipinski definition) is 7. The van der Waals surface area contributed by atoms with Gasteiger partial charge in [0.15, 0.2) is 5.65 Å². The third-order valence-corrected chi connectivity index (χ3v) is 4.99. The molecule has 0 aliphatic carbocycles. The third-order valence-electron chi connectivity index (χ3n) is 4.99. The van der Waals surface area contributed by atoms with E-state index in [1.165, 1.54) is 43.5 Å². The molecule has 2 aromatic carbocycles. The second-order valence-corrected chi connectivity index (χ2v) is 7.49. The Morgan fingerprint density at radius 1 is 1.09 bits per heavy atom. The van der Waals surface area contributed by atoms with Gasteiger partial charge in [0.25, 0.3) is 11.5 Å². The molecule has 0 saturated heterocycles. The fraction of sp³-hybridized carbons (Fsp3) is 0.167. The summed E-state index contributed by atoms with van der Waals surface area (Å²) in [6, 6.07) is 11.3. The normalized spacial score (nSPS) is 10.8. The fourth-order valence-corrected chi connectivity index (χ4v) is 3.23. The molecule has 4 rings (SSSR count). The third kappa shape index (κ3) is 4.65. The summed E-state index contributed by atoms with van der Waals surface area (Å²) >= 11 is 0. The molecule has 2 aromatic heterocycles. The molecule has 0 aliphatic heterocycles. The van der Waals surface area contributed by atoms with Gasteiger partial charge in [-0.15, -0.1) is 4.57 Å². The summed E-state index contributed by atoms with van der Waals surface area (Å²) in [6.07, 6.45) is 0. The number of halogens is 1. The van der Waals surface area contributed by atoms with E-state index >= 15 is 0 Å². The van der Waals surface area contributed by atoms with Crippen LogP contribution >= 0.6 is 0 Å². The Kier molecular flexibility index (Phi) is 6.13. The molecule has 9 nitrogen and oxygen atoms in total. The molecular formula is C24H20FN3O6. The van der Waals surface area contributed by atoms with E-state index < -0.39 is 23.3 Å². The van der Waals surface area contributed by atoms with Crippen molar-refractivity contribution < 1.29 is 28.0 Å². The fourth-order valence-electron chi connectivity index (χ4n) is 3.23. The number of carbonyl (C=O) groups is 2. The van der Waals surface area contributed by atoms with Crippen molar-refractivity contribution in [2.75, 3.05) is 12.4 Å². The molecule has 0 atom stereocenters. The van der Waals surface area contributed by atoms with Crippen LogP contribution in [-0.4, -0.2) is 28.5 Å². The van der Waals surface area contributed by atoms with Crippen LogP contribution in [0.1, 0.15) is 37.7 Å². The van der Waals surface area contributed by atoms with Crippen molar-refractivity contribution in [3.63, 3.8) is 0 Å². The molecular weight excluding hydrogens is 445 g/mol. The van der Waals surface area contributed by atoms with E-state index in [-0.39, 0.29) is 29.1 Å². The van der Waals surface area contributed by atoms with Gasteiger partial charge in [0.2, 0.25) is 0 Å². The number of rotatable bonds is 6. The van der Waals surface area contributed by atoms with E-state index in [1.807, 2.05) is 0 Å². The van der Waals surface area contributed by atoms with Crippen LogP contribution in [0.5, 0.6) is 5.75 Å². The number of anilines is 1. The minimum absolute atomic E-state index is 0.111. The second-order valence-electron chi connectivity index (χ2n) is 7.49. The zero-order valence-electron chi connectivity index (χ0n) is 18.5. The Morgan fingerprint density at radius 2 is 1.85 bits per heavy atom. The minimum Gasteiger partial charge on any atom is -0.495 e. The summed E-state index contributed by atoms with van der Waals surface area (Å²) in [5, 5.41) is 2.62. The quantitative estimate of drug-likeness (QED) is 0.433. The number of carbonyl (C=O) groups excluding carboxylic acids is 2. The number of hydrogen-bond donors (Lipinski definition) is 1. The molecule has 1 N–H and O–H groups in total. The van der Waals surface area contributed by atoms with E-state index in [9.17, 15) is 18.8 Å². The van der Waals surface area contributed by atoms with Crippen LogP contribution < -0.4 is 15.6 Å². The van der Waals surface area contributed by atoms with Crippen molar-refractivity contribution >= 4 is 23.2 Å². The average molecular weight is 465 g/mol. The largest absolute Gasteiger partial charge is 0.495 e. The number of esters is 1. The summed E-state index contributed by atoms with van der Waals surface area (Å²) < 4.78 is 30.6. The summed E-state index contributed by atoms with van der Waals surface area (Å²) in [6.45, 7) is 3.03. The van der Waals surface area contributed by atoms with Gasteiger partial charge >= 0.3 is 5.97 Å². The maximum atomic E-state index is 13.8. The monoisotopic (exact) mass is 465 g/mol. The van der Waals surface area contributed by atoms with Crippen LogP contribution in [-0.2, 0) is 11.3 Å². The predicted octanol–water partition coefficient (Wildman–Crippen LogP) is 3.66. The molecule has 0 spiro atoms. The van der Waals surface area contributed by atoms with Crippen LogP contribution in [0.4, 0.5) is 10.1 Å². The highest BCUT2D eigenvalue weighted by atomic mass is 19.1. The Labute approximate surface area is 192 Å². The number of fused-ring (bicyclic) bond motifs is 1. The van der Waals surface area contributed by atoms with Crippen molar-refractivity contribution in [1.82, 2.24) is 9.56 Å². The highest BCUT2D eigenvalue weighted by Gasteiger charge is 2.16. The zero-order chi connectivity index (χ0) is 24.4. The van der Waals surface area contributed by atoms with Gasteiger partial charge in [0, 0.05) is 17.7 Å². The molecule has 10 heteroatoms. The van der Waals surface area contributed by atoms with Gasteiger partial charge in [0.05, 0.1) is 24.1 Å². The molecule has 0 fully saturated rings. The highest BCUT2D eigenvalue weighted by Crippen LogP contribution is 2.27. The van der Waals surface area contributed by atoms with Crippen LogP contribution in [0, 0.1) is 19.7 Å². The van der Waals surface area contributed by atoms with Crippen molar-refractivity contribution in [3.05, 3.63) is 92.8 Å². The van der Waals surface area contributed by atoms with Gasteiger partial charge in [-0.3, -0.25) is 9.59 Å². The molecule has 0 radical (unpaired) electrons. The molecule has 174 valence electrons. The van der Waals surface area contributed by atoms with E-state index in [4.69, 9.17) is 14.0 Å². The number of ether oxygens (including phenoxy) is 2. The van der Waals surface area contributed by atoms with E-state index in [0.717, 1.165) is 10.6 Å². The van der Waals surface area contributed by atoms with Crippen molar-refractivity contribution in [2.45, 2.75) is 20.5 Å². The Balaban J connectivity index is 1.51. The average Bonchev–Trinajstić information content (AvgIpc) is 3.20. The number of benzene rings is 2. The first-order valence-electron chi connectivity index (χ1n) is 10.2. The lowest BCUT2D eigenvalue weighted by atomic mass is 10.1. The lowest BCUT2D eigenvalue weighted by molar-refractivity contribution is 0.0467. The SMILES string of the molecule is COc1ccc(C(=O)OCc2cc(=O)n3oc(C)cc3n2)cc1NC(=O)c1ccc(C)c(F)c1. The smallest absolute Gasteiger partial charge is 0.338 e. The second kappa shape index (κ2) is 9.18. The van der Waals surface area contributed by atoms with Gasteiger partial charge < -0.3 is 19.3 Å². The molecule has 4 aromatic rings. The molecule has 2 heterocycles. The number of nitrogens with one attached hydrogen (secondary N) is 1. The van der Waals surface area contributed by atoms with Crippen molar-refractivity contribution in [3.8, 4) is 5.75 Å².